The predicted octanol–water partition coefficient (Wildman–Crippen LogP) is 3.87. The minimum Gasteiger partial charge on any atom is -0.481 e. The molecule has 188 valence electrons. The van der Waals surface area contributed by atoms with Gasteiger partial charge >= 0.3 is 11.9 Å². The number of carbonyl (C=O) groups excluding carboxylic acids is 2. The Hall–Kier alpha value is -3.10. The van der Waals surface area contributed by atoms with Crippen LogP contribution < -0.4 is 10.6 Å². The summed E-state index contributed by atoms with van der Waals surface area (Å²) in [5.41, 5.74) is 0.00184. The van der Waals surface area contributed by atoms with Gasteiger partial charge in [-0.1, -0.05) is 61.3 Å². The fourth-order valence-electron chi connectivity index (χ4n) is 3.60. The Balaban J connectivity index is 2.38. The Morgan fingerprint density at radius 1 is 0.857 bits per heavy atom. The van der Waals surface area contributed by atoms with E-state index in [1.807, 2.05) is 0 Å². The van der Waals surface area contributed by atoms with E-state index in [2.05, 4.69) is 10.6 Å². The van der Waals surface area contributed by atoms with Crippen LogP contribution in [0.15, 0.2) is 48.5 Å². The SMILES string of the molecule is CC(C)[C@H](NC(=O)C(C)(c1ccc(Cl)cc1)c1ccc(Cl)cc1)C(=O)N[C@H](CCC(=O)O)C(=O)O. The third kappa shape index (κ3) is 7.19. The van der Waals surface area contributed by atoms with Crippen molar-refractivity contribution >= 4 is 47.0 Å². The second-order valence-electron chi connectivity index (χ2n) is 8.67. The zero-order chi connectivity index (χ0) is 26.3. The fraction of sp³-hybridized carbons (Fsp3) is 0.360. The highest BCUT2D eigenvalue weighted by Crippen LogP contribution is 2.34. The van der Waals surface area contributed by atoms with Gasteiger partial charge in [0, 0.05) is 16.5 Å². The maximum absolute atomic E-state index is 13.7. The van der Waals surface area contributed by atoms with Gasteiger partial charge in [0.2, 0.25) is 11.8 Å². The molecule has 35 heavy (non-hydrogen) atoms. The van der Waals surface area contributed by atoms with E-state index in [1.54, 1.807) is 69.3 Å². The highest BCUT2D eigenvalue weighted by molar-refractivity contribution is 6.30. The predicted molar refractivity (Wildman–Crippen MR) is 133 cm³/mol. The molecule has 0 fully saturated rings. The Morgan fingerprint density at radius 2 is 1.31 bits per heavy atom. The quantitative estimate of drug-likeness (QED) is 0.354. The molecule has 0 bridgehead atoms. The topological polar surface area (TPSA) is 133 Å². The van der Waals surface area contributed by atoms with Crippen LogP contribution in [0.5, 0.6) is 0 Å². The first kappa shape index (κ1) is 28.1. The molecule has 2 atom stereocenters. The van der Waals surface area contributed by atoms with Crippen LogP contribution in [-0.2, 0) is 24.6 Å². The normalized spacial score (nSPS) is 13.1. The maximum Gasteiger partial charge on any atom is 0.326 e. The van der Waals surface area contributed by atoms with Crippen molar-refractivity contribution in [1.82, 2.24) is 10.6 Å². The van der Waals surface area contributed by atoms with E-state index >= 15 is 0 Å². The van der Waals surface area contributed by atoms with Crippen molar-refractivity contribution in [3.63, 3.8) is 0 Å². The molecule has 0 aliphatic heterocycles. The largest absolute Gasteiger partial charge is 0.481 e. The van der Waals surface area contributed by atoms with Crippen LogP contribution in [0.4, 0.5) is 0 Å². The number of aliphatic carboxylic acids is 2. The highest BCUT2D eigenvalue weighted by atomic mass is 35.5. The Morgan fingerprint density at radius 3 is 1.69 bits per heavy atom. The zero-order valence-electron chi connectivity index (χ0n) is 19.5. The average Bonchev–Trinajstić information content (AvgIpc) is 2.79. The van der Waals surface area contributed by atoms with Gasteiger partial charge in [0.05, 0.1) is 5.41 Å². The maximum atomic E-state index is 13.7. The number of carboxylic acids is 2. The van der Waals surface area contributed by atoms with E-state index in [1.165, 1.54) is 0 Å². The van der Waals surface area contributed by atoms with Crippen LogP contribution in [0.25, 0.3) is 0 Å². The molecular weight excluding hydrogens is 495 g/mol. The molecule has 2 aromatic carbocycles. The standard InChI is InChI=1S/C25H28Cl2N2O6/c1-14(2)21(22(32)28-19(23(33)34)12-13-20(30)31)29-24(35)25(3,15-4-8-17(26)9-5-15)16-6-10-18(27)11-7-16/h4-11,14,19,21H,12-13H2,1-3H3,(H,28,32)(H,29,35)(H,30,31)(H,33,34)/t19-,21+/m1/s1. The van der Waals surface area contributed by atoms with Crippen LogP contribution in [0.1, 0.15) is 44.7 Å². The van der Waals surface area contributed by atoms with E-state index in [-0.39, 0.29) is 6.42 Å². The van der Waals surface area contributed by atoms with Crippen LogP contribution in [-0.4, -0.2) is 46.0 Å². The summed E-state index contributed by atoms with van der Waals surface area (Å²) in [6.07, 6.45) is -0.719. The molecule has 0 spiro atoms. The van der Waals surface area contributed by atoms with E-state index in [4.69, 9.17) is 28.3 Å². The van der Waals surface area contributed by atoms with Crippen molar-refractivity contribution in [2.75, 3.05) is 0 Å². The summed E-state index contributed by atoms with van der Waals surface area (Å²) in [4.78, 5) is 49.1. The Labute approximate surface area is 213 Å². The summed E-state index contributed by atoms with van der Waals surface area (Å²) >= 11 is 12.1. The van der Waals surface area contributed by atoms with E-state index < -0.39 is 53.6 Å². The molecule has 2 rings (SSSR count). The lowest BCUT2D eigenvalue weighted by Gasteiger charge is -2.33. The number of carbonyl (C=O) groups is 4. The third-order valence-corrected chi connectivity index (χ3v) is 6.30. The summed E-state index contributed by atoms with van der Waals surface area (Å²) in [5.74, 6) is -4.15. The van der Waals surface area contributed by atoms with E-state index in [9.17, 15) is 24.3 Å². The molecule has 0 heterocycles. The molecule has 2 aromatic rings. The van der Waals surface area contributed by atoms with Gasteiger partial charge in [-0.15, -0.1) is 0 Å². The first-order chi connectivity index (χ1) is 16.4. The van der Waals surface area contributed by atoms with Crippen LogP contribution in [0.3, 0.4) is 0 Å². The number of benzene rings is 2. The van der Waals surface area contributed by atoms with Crippen LogP contribution in [0.2, 0.25) is 10.0 Å². The van der Waals surface area contributed by atoms with E-state index in [0.717, 1.165) is 0 Å². The summed E-state index contributed by atoms with van der Waals surface area (Å²) in [5, 5.41) is 24.4. The minimum atomic E-state index is -1.41. The monoisotopic (exact) mass is 522 g/mol. The fourth-order valence-corrected chi connectivity index (χ4v) is 3.85. The van der Waals surface area contributed by atoms with Gasteiger partial charge in [0.1, 0.15) is 12.1 Å². The molecule has 2 amide bonds. The summed E-state index contributed by atoms with van der Waals surface area (Å²) in [6.45, 7) is 5.12. The first-order valence-electron chi connectivity index (χ1n) is 10.9. The molecule has 0 radical (unpaired) electrons. The van der Waals surface area contributed by atoms with Crippen molar-refractivity contribution < 1.29 is 29.4 Å². The van der Waals surface area contributed by atoms with Crippen molar-refractivity contribution in [2.24, 2.45) is 5.92 Å². The molecule has 4 N–H and O–H groups in total. The molecule has 0 aliphatic rings. The molecule has 0 aromatic heterocycles. The first-order valence-corrected chi connectivity index (χ1v) is 11.7. The van der Waals surface area contributed by atoms with Crippen molar-refractivity contribution in [3.05, 3.63) is 69.7 Å². The molecule has 10 heteroatoms. The molecule has 0 saturated carbocycles. The van der Waals surface area contributed by atoms with Crippen LogP contribution in [0, 0.1) is 5.92 Å². The zero-order valence-corrected chi connectivity index (χ0v) is 21.1. The Bertz CT molecular complexity index is 1020. The Kier molecular flexibility index (Phi) is 9.68. The average molecular weight is 523 g/mol. The summed E-state index contributed by atoms with van der Waals surface area (Å²) < 4.78 is 0. The van der Waals surface area contributed by atoms with Crippen molar-refractivity contribution in [3.8, 4) is 0 Å². The van der Waals surface area contributed by atoms with Crippen molar-refractivity contribution in [2.45, 2.75) is 51.1 Å². The molecule has 0 unspecified atom stereocenters. The van der Waals surface area contributed by atoms with Gasteiger partial charge < -0.3 is 20.8 Å². The molecule has 0 saturated heterocycles. The number of rotatable bonds is 11. The number of carboxylic acid groups (broad SMARTS) is 2. The number of nitrogens with one attached hydrogen (secondary N) is 2. The van der Waals surface area contributed by atoms with Crippen molar-refractivity contribution in [1.29, 1.82) is 0 Å². The second-order valence-corrected chi connectivity index (χ2v) is 9.54. The van der Waals surface area contributed by atoms with Crippen LogP contribution >= 0.6 is 23.2 Å². The lowest BCUT2D eigenvalue weighted by Crippen LogP contribution is -2.57. The van der Waals surface area contributed by atoms with Gasteiger partial charge in [0.15, 0.2) is 0 Å². The summed E-state index contributed by atoms with van der Waals surface area (Å²) in [6, 6.07) is 11.0. The number of halogens is 2. The minimum absolute atomic E-state index is 0.289. The van der Waals surface area contributed by atoms with Gasteiger partial charge in [0.25, 0.3) is 0 Å². The number of amides is 2. The number of hydrogen-bond acceptors (Lipinski definition) is 4. The molecule has 8 nitrogen and oxygen atoms in total. The summed E-state index contributed by atoms with van der Waals surface area (Å²) in [7, 11) is 0. The van der Waals surface area contributed by atoms with Gasteiger partial charge in [-0.25, -0.2) is 4.79 Å². The van der Waals surface area contributed by atoms with E-state index in [0.29, 0.717) is 21.2 Å². The lowest BCUT2D eigenvalue weighted by molar-refractivity contribution is -0.143. The van der Waals surface area contributed by atoms with Gasteiger partial charge in [-0.2, -0.15) is 0 Å². The lowest BCUT2D eigenvalue weighted by atomic mass is 9.75. The molecule has 0 aliphatic carbocycles. The molecular formula is C25H28Cl2N2O6. The smallest absolute Gasteiger partial charge is 0.326 e. The van der Waals surface area contributed by atoms with Gasteiger partial charge in [-0.3, -0.25) is 14.4 Å². The third-order valence-electron chi connectivity index (χ3n) is 5.79. The van der Waals surface area contributed by atoms with Gasteiger partial charge in [-0.05, 0) is 54.7 Å². The second kappa shape index (κ2) is 12.0. The highest BCUT2D eigenvalue weighted by Gasteiger charge is 2.40. The number of hydrogen-bond donors (Lipinski definition) is 4.